The van der Waals surface area contributed by atoms with Gasteiger partial charge in [0.2, 0.25) is 0 Å². The highest BCUT2D eigenvalue weighted by Gasteiger charge is 2.31. The van der Waals surface area contributed by atoms with E-state index in [1.165, 1.54) is 11.1 Å². The summed E-state index contributed by atoms with van der Waals surface area (Å²) < 4.78 is 1.86. The largest absolute Gasteiger partial charge is 0.481 e. The van der Waals surface area contributed by atoms with Gasteiger partial charge >= 0.3 is 5.97 Å². The average Bonchev–Trinajstić information content (AvgIpc) is 3.54. The van der Waals surface area contributed by atoms with E-state index in [0.717, 1.165) is 107 Å². The molecule has 0 spiro atoms. The van der Waals surface area contributed by atoms with E-state index in [0.29, 0.717) is 30.3 Å². The van der Waals surface area contributed by atoms with Crippen molar-refractivity contribution in [2.45, 2.75) is 95.7 Å². The maximum atomic E-state index is 11.5. The Morgan fingerprint density at radius 3 is 2.60 bits per heavy atom. The summed E-state index contributed by atoms with van der Waals surface area (Å²) >= 11 is 0. The molecule has 1 saturated carbocycles. The first-order valence-corrected chi connectivity index (χ1v) is 17.9. The highest BCUT2D eigenvalue weighted by Crippen LogP contribution is 2.37. The van der Waals surface area contributed by atoms with Crippen LogP contribution in [-0.2, 0) is 31.2 Å². The van der Waals surface area contributed by atoms with Gasteiger partial charge in [-0.2, -0.15) is 5.10 Å². The second-order valence-electron chi connectivity index (χ2n) is 14.2. The fraction of sp³-hybridized carbons (Fsp3) is 0.622. The lowest BCUT2D eigenvalue weighted by atomic mass is 9.78. The number of nitrogens with one attached hydrogen (secondary N) is 2. The highest BCUT2D eigenvalue weighted by molar-refractivity contribution is 5.70. The summed E-state index contributed by atoms with van der Waals surface area (Å²) in [5, 5.41) is 31.6. The Morgan fingerprint density at radius 2 is 1.89 bits per heavy atom. The van der Waals surface area contributed by atoms with Gasteiger partial charge < -0.3 is 25.7 Å². The number of carboxylic acids is 1. The summed E-state index contributed by atoms with van der Waals surface area (Å²) in [7, 11) is 1.96. The summed E-state index contributed by atoms with van der Waals surface area (Å²) in [6, 6.07) is 11.1. The van der Waals surface area contributed by atoms with Crippen molar-refractivity contribution in [1.82, 2.24) is 30.0 Å². The molecule has 1 aromatic carbocycles. The van der Waals surface area contributed by atoms with Crippen molar-refractivity contribution in [3.63, 3.8) is 0 Å². The predicted molar refractivity (Wildman–Crippen MR) is 183 cm³/mol. The molecule has 2 aliphatic carbocycles. The third-order valence-corrected chi connectivity index (χ3v) is 11.0. The van der Waals surface area contributed by atoms with Crippen molar-refractivity contribution in [3.8, 4) is 0 Å². The average molecular weight is 644 g/mol. The molecule has 4 N–H and O–H groups in total. The number of rotatable bonds is 13. The Kier molecular flexibility index (Phi) is 11.2. The molecular weight excluding hydrogens is 590 g/mol. The van der Waals surface area contributed by atoms with Gasteiger partial charge in [-0.1, -0.05) is 37.3 Å². The molecule has 1 saturated heterocycles. The first-order chi connectivity index (χ1) is 22.9. The number of piperidine rings is 1. The molecule has 3 aliphatic rings. The van der Waals surface area contributed by atoms with Crippen LogP contribution in [0.1, 0.15) is 98.5 Å². The molecule has 47 heavy (non-hydrogen) atoms. The molecule has 0 radical (unpaired) electrons. The number of hydrogen-bond donors (Lipinski definition) is 4. The number of carbonyl (C=O) groups is 1. The van der Waals surface area contributed by atoms with Crippen LogP contribution < -0.4 is 10.6 Å². The van der Waals surface area contributed by atoms with Gasteiger partial charge in [0.15, 0.2) is 0 Å². The van der Waals surface area contributed by atoms with E-state index >= 15 is 0 Å². The number of aliphatic carboxylic acids is 1. The minimum absolute atomic E-state index is 0.00846. The van der Waals surface area contributed by atoms with Crippen LogP contribution in [0.2, 0.25) is 0 Å². The topological polar surface area (TPSA) is 128 Å². The van der Waals surface area contributed by atoms with Crippen LogP contribution in [0, 0.1) is 17.8 Å². The van der Waals surface area contributed by atoms with Crippen LogP contribution in [0.3, 0.4) is 0 Å². The third-order valence-electron chi connectivity index (χ3n) is 11.0. The third kappa shape index (κ3) is 8.39. The Bertz CT molecular complexity index is 1460. The zero-order valence-electron chi connectivity index (χ0n) is 28.2. The Labute approximate surface area is 279 Å². The number of fused-ring (bicyclic) bond motifs is 1. The first-order valence-electron chi connectivity index (χ1n) is 17.9. The zero-order valence-corrected chi connectivity index (χ0v) is 28.2. The van der Waals surface area contributed by atoms with Crippen LogP contribution in [0.15, 0.2) is 42.7 Å². The van der Waals surface area contributed by atoms with Crippen molar-refractivity contribution in [3.05, 3.63) is 70.9 Å². The van der Waals surface area contributed by atoms with Crippen LogP contribution >= 0.6 is 0 Å². The lowest BCUT2D eigenvalue weighted by Crippen LogP contribution is -2.40. The number of aromatic nitrogens is 4. The molecule has 254 valence electrons. The van der Waals surface area contributed by atoms with Crippen LogP contribution in [-0.4, -0.2) is 73.1 Å². The standard InChI is InChI=1S/C37H53N7O3/c1-3-32(27-11-13-28(14-12-27)37(46)47)38-20-35-40-33-16-15-29(26-9-5-4-6-10-26)18-31(33)36(42-35)41-34(30-19-39-43(2)22-30)23-44-17-7-8-25(21-44)24-45/h4-6,9-10,19,22,25,27-29,32,34,38,45H,3,7-8,11-18,20-21,23-24H2,1-2H3,(H,46,47)(H,40,41,42)/t25-,27?,28?,29+,32+,34-/m0/s1. The monoisotopic (exact) mass is 643 g/mol. The number of aryl methyl sites for hydroxylation is 2. The molecule has 0 unspecified atom stereocenters. The highest BCUT2D eigenvalue weighted by atomic mass is 16.4. The number of hydrogen-bond acceptors (Lipinski definition) is 8. The van der Waals surface area contributed by atoms with E-state index in [4.69, 9.17) is 9.97 Å². The second-order valence-corrected chi connectivity index (χ2v) is 14.2. The molecule has 1 aliphatic heterocycles. The molecule has 0 bridgehead atoms. The minimum Gasteiger partial charge on any atom is -0.481 e. The van der Waals surface area contributed by atoms with E-state index in [-0.39, 0.29) is 18.6 Å². The maximum Gasteiger partial charge on any atom is 0.306 e. The quantitative estimate of drug-likeness (QED) is 0.201. The van der Waals surface area contributed by atoms with E-state index in [2.05, 4.69) is 64.1 Å². The number of anilines is 1. The van der Waals surface area contributed by atoms with Gasteiger partial charge in [0.1, 0.15) is 11.6 Å². The number of benzene rings is 1. The normalized spacial score (nSPS) is 24.7. The Hall–Kier alpha value is -3.34. The molecule has 0 amide bonds. The molecular formula is C37H53N7O3. The van der Waals surface area contributed by atoms with Gasteiger partial charge in [-0.25, -0.2) is 9.97 Å². The maximum absolute atomic E-state index is 11.5. The first kappa shape index (κ1) is 33.6. The van der Waals surface area contributed by atoms with E-state index in [1.54, 1.807) is 0 Å². The number of nitrogens with zero attached hydrogens (tertiary/aromatic N) is 5. The molecule has 4 atom stereocenters. The molecule has 10 nitrogen and oxygen atoms in total. The minimum atomic E-state index is -0.653. The van der Waals surface area contributed by atoms with Gasteiger partial charge in [0, 0.05) is 55.8 Å². The number of aliphatic hydroxyl groups is 1. The van der Waals surface area contributed by atoms with Crippen LogP contribution in [0.25, 0.3) is 0 Å². The van der Waals surface area contributed by atoms with Gasteiger partial charge in [0.05, 0.1) is 24.7 Å². The number of carboxylic acid groups (broad SMARTS) is 1. The van der Waals surface area contributed by atoms with E-state index in [1.807, 2.05) is 17.9 Å². The molecule has 10 heteroatoms. The van der Waals surface area contributed by atoms with Gasteiger partial charge in [-0.05, 0) is 94.1 Å². The van der Waals surface area contributed by atoms with E-state index in [9.17, 15) is 15.0 Å². The van der Waals surface area contributed by atoms with Gasteiger partial charge in [-0.3, -0.25) is 9.48 Å². The van der Waals surface area contributed by atoms with Crippen LogP contribution in [0.4, 0.5) is 5.82 Å². The molecule has 2 fully saturated rings. The predicted octanol–water partition coefficient (Wildman–Crippen LogP) is 5.10. The Morgan fingerprint density at radius 1 is 1.09 bits per heavy atom. The van der Waals surface area contributed by atoms with Crippen molar-refractivity contribution < 1.29 is 15.0 Å². The van der Waals surface area contributed by atoms with Crippen molar-refractivity contribution in [1.29, 1.82) is 0 Å². The lowest BCUT2D eigenvalue weighted by Gasteiger charge is -2.35. The van der Waals surface area contributed by atoms with E-state index < -0.39 is 5.97 Å². The lowest BCUT2D eigenvalue weighted by molar-refractivity contribution is -0.143. The summed E-state index contributed by atoms with van der Waals surface area (Å²) in [4.78, 5) is 24.4. The second kappa shape index (κ2) is 15.7. The molecule has 3 aromatic rings. The van der Waals surface area contributed by atoms with Crippen molar-refractivity contribution >= 4 is 11.8 Å². The fourth-order valence-corrected chi connectivity index (χ4v) is 8.25. The Balaban J connectivity index is 1.26. The SMILES string of the molecule is CC[C@@H](NCc1nc2c(c(N[C@@H](CN3CCC[C@H](CO)C3)c3cnn(C)c3)n1)C[C@H](c1ccccc1)CC2)C1CCC(C(=O)O)CC1. The summed E-state index contributed by atoms with van der Waals surface area (Å²) in [5.41, 5.74) is 4.85. The molecule has 2 aromatic heterocycles. The summed E-state index contributed by atoms with van der Waals surface area (Å²) in [6.45, 7) is 5.77. The van der Waals surface area contributed by atoms with Gasteiger partial charge in [0.25, 0.3) is 0 Å². The number of likely N-dealkylation sites (tertiary alicyclic amines) is 1. The van der Waals surface area contributed by atoms with Crippen molar-refractivity contribution in [2.24, 2.45) is 24.8 Å². The number of aliphatic hydroxyl groups excluding tert-OH is 1. The molecule has 6 rings (SSSR count). The zero-order chi connectivity index (χ0) is 32.8. The van der Waals surface area contributed by atoms with Crippen LogP contribution in [0.5, 0.6) is 0 Å². The molecule has 3 heterocycles. The summed E-state index contributed by atoms with van der Waals surface area (Å²) in [5.74, 6) is 2.09. The summed E-state index contributed by atoms with van der Waals surface area (Å²) in [6.07, 6.45) is 13.5. The fourth-order valence-electron chi connectivity index (χ4n) is 8.25. The van der Waals surface area contributed by atoms with Crippen molar-refractivity contribution in [2.75, 3.05) is 31.6 Å². The smallest absolute Gasteiger partial charge is 0.306 e. The van der Waals surface area contributed by atoms with Gasteiger partial charge in [-0.15, -0.1) is 0 Å².